The van der Waals surface area contributed by atoms with Gasteiger partial charge in [0.05, 0.1) is 22.6 Å². The van der Waals surface area contributed by atoms with Crippen LogP contribution >= 0.6 is 0 Å². The summed E-state index contributed by atoms with van der Waals surface area (Å²) in [5.74, 6) is 0. The minimum Gasteiger partial charge on any atom is -0.248 e. The summed E-state index contributed by atoms with van der Waals surface area (Å²) in [5.41, 5.74) is 15.3. The highest BCUT2D eigenvalue weighted by Gasteiger charge is 2.21. The maximum Gasteiger partial charge on any atom is 0.101 e. The highest BCUT2D eigenvalue weighted by atomic mass is 15.3. The van der Waals surface area contributed by atoms with Crippen molar-refractivity contribution in [3.8, 4) is 72.8 Å². The third-order valence-electron chi connectivity index (χ3n) is 10.4. The first-order valence-electron chi connectivity index (χ1n) is 18.7. The van der Waals surface area contributed by atoms with Gasteiger partial charge >= 0.3 is 0 Å². The lowest BCUT2D eigenvalue weighted by Gasteiger charge is -2.12. The van der Waals surface area contributed by atoms with Crippen LogP contribution in [-0.4, -0.2) is 14.8 Å². The molecular formula is C52H35N3. The zero-order valence-corrected chi connectivity index (χ0v) is 30.0. The summed E-state index contributed by atoms with van der Waals surface area (Å²) < 4.78 is 2.12. The molecule has 8 aromatic carbocycles. The molecule has 55 heavy (non-hydrogen) atoms. The molecule has 0 saturated carbocycles. The van der Waals surface area contributed by atoms with E-state index in [1.165, 1.54) is 21.9 Å². The van der Waals surface area contributed by atoms with E-state index in [0.29, 0.717) is 0 Å². The van der Waals surface area contributed by atoms with Crippen molar-refractivity contribution in [1.29, 1.82) is 0 Å². The summed E-state index contributed by atoms with van der Waals surface area (Å²) in [6.45, 7) is 0. The Morgan fingerprint density at radius 1 is 0.345 bits per heavy atom. The molecule has 3 heteroatoms. The first-order valence-corrected chi connectivity index (χ1v) is 18.7. The van der Waals surface area contributed by atoms with Gasteiger partial charge in [0.25, 0.3) is 0 Å². The maximum absolute atomic E-state index is 5.32. The third-order valence-corrected chi connectivity index (χ3v) is 10.4. The summed E-state index contributed by atoms with van der Waals surface area (Å²) in [4.78, 5) is 5.07. The number of nitrogens with zero attached hydrogens (tertiary/aromatic N) is 3. The monoisotopic (exact) mass is 701 g/mol. The van der Waals surface area contributed by atoms with E-state index in [1.807, 2.05) is 12.1 Å². The topological polar surface area (TPSA) is 30.7 Å². The Morgan fingerprint density at radius 3 is 1.36 bits per heavy atom. The van der Waals surface area contributed by atoms with Crippen LogP contribution in [0.2, 0.25) is 0 Å². The molecule has 3 nitrogen and oxygen atoms in total. The van der Waals surface area contributed by atoms with Crippen LogP contribution in [0.4, 0.5) is 0 Å². The van der Waals surface area contributed by atoms with Crippen LogP contribution in [0.1, 0.15) is 0 Å². The van der Waals surface area contributed by atoms with E-state index >= 15 is 0 Å². The Morgan fingerprint density at radius 2 is 0.800 bits per heavy atom. The molecule has 0 fully saturated rings. The van der Waals surface area contributed by atoms with Gasteiger partial charge in [-0.3, -0.25) is 0 Å². The molecule has 0 aliphatic heterocycles. The van der Waals surface area contributed by atoms with E-state index < -0.39 is 0 Å². The molecule has 0 bridgehead atoms. The van der Waals surface area contributed by atoms with E-state index in [0.717, 1.165) is 72.6 Å². The van der Waals surface area contributed by atoms with Gasteiger partial charge in [0.15, 0.2) is 0 Å². The second-order valence-corrected chi connectivity index (χ2v) is 13.8. The molecule has 0 unspecified atom stereocenters. The number of hydrogen-bond acceptors (Lipinski definition) is 2. The number of aromatic nitrogens is 3. The van der Waals surface area contributed by atoms with Crippen LogP contribution in [0.15, 0.2) is 212 Å². The fourth-order valence-corrected chi connectivity index (χ4v) is 7.68. The maximum atomic E-state index is 5.32. The van der Waals surface area contributed by atoms with Crippen LogP contribution in [0.25, 0.3) is 94.5 Å². The summed E-state index contributed by atoms with van der Waals surface area (Å²) in [6.07, 6.45) is 0. The normalized spacial score (nSPS) is 11.3. The largest absolute Gasteiger partial charge is 0.248 e. The van der Waals surface area contributed by atoms with Crippen molar-refractivity contribution in [1.82, 2.24) is 14.8 Å². The molecular weight excluding hydrogens is 667 g/mol. The predicted molar refractivity (Wildman–Crippen MR) is 229 cm³/mol. The number of hydrogen-bond donors (Lipinski definition) is 0. The molecule has 2 aromatic heterocycles. The van der Waals surface area contributed by atoms with Crippen LogP contribution in [0, 0.1) is 0 Å². The molecule has 10 rings (SSSR count). The zero-order valence-electron chi connectivity index (χ0n) is 30.0. The van der Waals surface area contributed by atoms with Gasteiger partial charge in [0, 0.05) is 27.5 Å². The SMILES string of the molecule is c1ccc(-c2cc(-c3ccc(-c4ccc(-c5cc6ccccc6c6c5c(-c5ccccc5)nn6-c5ccccc5)cc4)cc3)cc(-c3ccccc3)n2)cc1. The second kappa shape index (κ2) is 13.9. The van der Waals surface area contributed by atoms with Crippen molar-refractivity contribution >= 4 is 21.7 Å². The van der Waals surface area contributed by atoms with Gasteiger partial charge in [0.1, 0.15) is 5.69 Å². The number of pyridine rings is 1. The first kappa shape index (κ1) is 32.3. The zero-order chi connectivity index (χ0) is 36.6. The van der Waals surface area contributed by atoms with Gasteiger partial charge in [-0.25, -0.2) is 9.67 Å². The van der Waals surface area contributed by atoms with Crippen LogP contribution in [0.5, 0.6) is 0 Å². The first-order chi connectivity index (χ1) is 27.3. The van der Waals surface area contributed by atoms with Crippen molar-refractivity contribution in [2.45, 2.75) is 0 Å². The van der Waals surface area contributed by atoms with Crippen LogP contribution < -0.4 is 0 Å². The average molecular weight is 702 g/mol. The van der Waals surface area contributed by atoms with Gasteiger partial charge in [-0.1, -0.05) is 182 Å². The summed E-state index contributed by atoms with van der Waals surface area (Å²) >= 11 is 0. The van der Waals surface area contributed by atoms with Crippen molar-refractivity contribution in [2.75, 3.05) is 0 Å². The minimum absolute atomic E-state index is 0.962. The molecule has 0 spiro atoms. The lowest BCUT2D eigenvalue weighted by atomic mass is 9.92. The molecule has 0 saturated heterocycles. The van der Waals surface area contributed by atoms with Gasteiger partial charge in [-0.15, -0.1) is 0 Å². The Kier molecular flexibility index (Phi) is 8.16. The number of para-hydroxylation sites is 1. The fraction of sp³-hybridized carbons (Fsp3) is 0. The lowest BCUT2D eigenvalue weighted by Crippen LogP contribution is -1.96. The highest BCUT2D eigenvalue weighted by Crippen LogP contribution is 2.42. The molecule has 0 aliphatic carbocycles. The number of rotatable bonds is 7. The summed E-state index contributed by atoms with van der Waals surface area (Å²) in [7, 11) is 0. The van der Waals surface area contributed by atoms with E-state index in [4.69, 9.17) is 10.1 Å². The quantitative estimate of drug-likeness (QED) is 0.166. The number of benzene rings is 8. The lowest BCUT2D eigenvalue weighted by molar-refractivity contribution is 0.918. The molecule has 0 N–H and O–H groups in total. The predicted octanol–water partition coefficient (Wildman–Crippen LogP) is 13.6. The smallest absolute Gasteiger partial charge is 0.101 e. The van der Waals surface area contributed by atoms with Crippen LogP contribution in [0.3, 0.4) is 0 Å². The molecule has 0 aliphatic rings. The molecule has 0 radical (unpaired) electrons. The third kappa shape index (κ3) is 6.08. The van der Waals surface area contributed by atoms with Crippen molar-refractivity contribution in [3.05, 3.63) is 212 Å². The Hall–Kier alpha value is -7.36. The minimum atomic E-state index is 0.962. The van der Waals surface area contributed by atoms with Gasteiger partial charge in [-0.05, 0) is 69.1 Å². The molecule has 10 aromatic rings. The molecule has 2 heterocycles. The fourth-order valence-electron chi connectivity index (χ4n) is 7.68. The summed E-state index contributed by atoms with van der Waals surface area (Å²) in [5, 5.41) is 8.83. The van der Waals surface area contributed by atoms with E-state index in [9.17, 15) is 0 Å². The van der Waals surface area contributed by atoms with Crippen molar-refractivity contribution in [2.24, 2.45) is 0 Å². The highest BCUT2D eigenvalue weighted by molar-refractivity contribution is 6.17. The van der Waals surface area contributed by atoms with Crippen LogP contribution in [-0.2, 0) is 0 Å². The van der Waals surface area contributed by atoms with E-state index in [2.05, 4.69) is 205 Å². The van der Waals surface area contributed by atoms with Gasteiger partial charge in [-0.2, -0.15) is 5.10 Å². The second-order valence-electron chi connectivity index (χ2n) is 13.8. The van der Waals surface area contributed by atoms with Gasteiger partial charge < -0.3 is 0 Å². The Balaban J connectivity index is 1.05. The molecule has 0 atom stereocenters. The number of fused-ring (bicyclic) bond motifs is 3. The molecule has 258 valence electrons. The van der Waals surface area contributed by atoms with Crippen molar-refractivity contribution < 1.29 is 0 Å². The Labute approximate surface area is 320 Å². The summed E-state index contributed by atoms with van der Waals surface area (Å²) in [6, 6.07) is 75.0. The van der Waals surface area contributed by atoms with Gasteiger partial charge in [0.2, 0.25) is 0 Å². The Bertz CT molecular complexity index is 2860. The van der Waals surface area contributed by atoms with E-state index in [-0.39, 0.29) is 0 Å². The van der Waals surface area contributed by atoms with Crippen molar-refractivity contribution in [3.63, 3.8) is 0 Å². The standard InChI is InChI=1S/C52H35N3/c1-5-15-40(16-6-1)48-34-44(35-49(53-48)41-17-7-2-8-18-41)38-27-25-36(26-28-38)37-29-31-39(32-30-37)47-33-43-21-13-14-24-46(43)52-50(47)51(42-19-9-3-10-20-42)54-55(52)45-22-11-4-12-23-45/h1-35H. The molecule has 0 amide bonds. The van der Waals surface area contributed by atoms with E-state index in [1.54, 1.807) is 0 Å². The average Bonchev–Trinajstić information content (AvgIpc) is 3.69.